The molecule has 1 aromatic rings. The van der Waals surface area contributed by atoms with Crippen LogP contribution in [0.5, 0.6) is 0 Å². The lowest BCUT2D eigenvalue weighted by molar-refractivity contribution is -0.128. The van der Waals surface area contributed by atoms with Crippen LogP contribution >= 0.6 is 11.6 Å². The summed E-state index contributed by atoms with van der Waals surface area (Å²) in [5.74, 6) is -0.285. The number of likely N-dealkylation sites (N-methyl/N-ethyl adjacent to an activating group) is 2. The lowest BCUT2D eigenvalue weighted by atomic mass is 10.5. The molecule has 0 N–H and O–H groups in total. The summed E-state index contributed by atoms with van der Waals surface area (Å²) < 4.78 is 25.7. The van der Waals surface area contributed by atoms with Crippen LogP contribution in [-0.2, 0) is 14.8 Å². The Morgan fingerprint density at radius 2 is 2.00 bits per heavy atom. The number of nitrogens with zero attached hydrogens (tertiary/aromatic N) is 3. The summed E-state index contributed by atoms with van der Waals surface area (Å²) in [4.78, 5) is 16.7. The number of pyridine rings is 1. The minimum absolute atomic E-state index is 0.0188. The number of hydrogen-bond donors (Lipinski definition) is 0. The number of aromatic nitrogens is 1. The van der Waals surface area contributed by atoms with Gasteiger partial charge in [-0.1, -0.05) is 18.5 Å². The smallest absolute Gasteiger partial charge is 0.245 e. The highest BCUT2D eigenvalue weighted by atomic mass is 35.5. The molecule has 0 atom stereocenters. The molecule has 0 saturated carbocycles. The van der Waals surface area contributed by atoms with Crippen LogP contribution in [0.25, 0.3) is 0 Å². The molecule has 0 aliphatic heterocycles. The van der Waals surface area contributed by atoms with Crippen LogP contribution in [0.15, 0.2) is 23.2 Å². The number of hydrogen-bond acceptors (Lipinski definition) is 4. The molecule has 1 aromatic heterocycles. The molecule has 0 aromatic carbocycles. The fourth-order valence-electron chi connectivity index (χ4n) is 1.32. The van der Waals surface area contributed by atoms with Crippen molar-refractivity contribution in [2.45, 2.75) is 11.8 Å². The van der Waals surface area contributed by atoms with E-state index in [0.717, 1.165) is 4.31 Å². The molecule has 0 saturated heterocycles. The van der Waals surface area contributed by atoms with Crippen molar-refractivity contribution in [2.24, 2.45) is 0 Å². The number of halogens is 1. The van der Waals surface area contributed by atoms with Crippen molar-refractivity contribution in [3.05, 3.63) is 23.5 Å². The van der Waals surface area contributed by atoms with E-state index in [0.29, 0.717) is 0 Å². The first-order chi connectivity index (χ1) is 8.78. The van der Waals surface area contributed by atoms with Gasteiger partial charge >= 0.3 is 0 Å². The lowest BCUT2D eigenvalue weighted by Crippen LogP contribution is -2.40. The number of carbonyl (C=O) groups excluding carboxylic acids is 1. The molecule has 0 unspecified atom stereocenters. The van der Waals surface area contributed by atoms with E-state index in [1.807, 2.05) is 0 Å². The summed E-state index contributed by atoms with van der Waals surface area (Å²) >= 11 is 5.62. The maximum atomic E-state index is 12.3. The maximum absolute atomic E-state index is 12.3. The molecule has 19 heavy (non-hydrogen) atoms. The van der Waals surface area contributed by atoms with E-state index in [1.165, 1.54) is 23.2 Å². The molecular weight excluding hydrogens is 290 g/mol. The van der Waals surface area contributed by atoms with Crippen molar-refractivity contribution >= 4 is 27.5 Å². The second-order valence-corrected chi connectivity index (χ2v) is 6.36. The van der Waals surface area contributed by atoms with Crippen LogP contribution in [0.2, 0.25) is 5.15 Å². The highest BCUT2D eigenvalue weighted by Crippen LogP contribution is 2.16. The fourth-order valence-corrected chi connectivity index (χ4v) is 2.78. The summed E-state index contributed by atoms with van der Waals surface area (Å²) in [5, 5.41) is 0.214. The summed E-state index contributed by atoms with van der Waals surface area (Å²) in [6.07, 6.45) is 1.18. The average molecular weight is 306 g/mol. The normalized spacial score (nSPS) is 11.6. The van der Waals surface area contributed by atoms with Crippen LogP contribution in [0.1, 0.15) is 6.92 Å². The molecule has 0 aliphatic carbocycles. The first-order valence-electron chi connectivity index (χ1n) is 5.61. The third kappa shape index (κ3) is 3.89. The van der Waals surface area contributed by atoms with Gasteiger partial charge in [-0.2, -0.15) is 4.31 Å². The molecule has 0 spiro atoms. The van der Waals surface area contributed by atoms with Gasteiger partial charge in [-0.3, -0.25) is 4.79 Å². The van der Waals surface area contributed by atoms with Gasteiger partial charge in [0.15, 0.2) is 0 Å². The van der Waals surface area contributed by atoms with Crippen molar-refractivity contribution < 1.29 is 13.2 Å². The van der Waals surface area contributed by atoms with E-state index >= 15 is 0 Å². The Morgan fingerprint density at radius 3 is 2.42 bits per heavy atom. The quantitative estimate of drug-likeness (QED) is 0.756. The monoisotopic (exact) mass is 305 g/mol. The predicted molar refractivity (Wildman–Crippen MR) is 72.4 cm³/mol. The van der Waals surface area contributed by atoms with E-state index in [4.69, 9.17) is 11.6 Å². The molecule has 1 heterocycles. The third-order valence-electron chi connectivity index (χ3n) is 2.50. The van der Waals surface area contributed by atoms with Gasteiger partial charge in [0.1, 0.15) is 10.0 Å². The van der Waals surface area contributed by atoms with Crippen LogP contribution in [0, 0.1) is 0 Å². The maximum Gasteiger partial charge on any atom is 0.245 e. The molecule has 6 nitrogen and oxygen atoms in total. The van der Waals surface area contributed by atoms with Crippen LogP contribution < -0.4 is 0 Å². The van der Waals surface area contributed by atoms with Crippen molar-refractivity contribution in [1.82, 2.24) is 14.2 Å². The highest BCUT2D eigenvalue weighted by molar-refractivity contribution is 7.89. The zero-order valence-corrected chi connectivity index (χ0v) is 12.6. The van der Waals surface area contributed by atoms with E-state index in [9.17, 15) is 13.2 Å². The zero-order chi connectivity index (χ0) is 14.6. The largest absolute Gasteiger partial charge is 0.348 e. The lowest BCUT2D eigenvalue weighted by Gasteiger charge is -2.21. The molecule has 0 fully saturated rings. The van der Waals surface area contributed by atoms with Gasteiger partial charge in [-0.25, -0.2) is 13.4 Å². The van der Waals surface area contributed by atoms with Gasteiger partial charge in [0.05, 0.1) is 6.54 Å². The predicted octanol–water partition coefficient (Wildman–Crippen LogP) is 0.834. The molecule has 0 bridgehead atoms. The molecule has 1 rings (SSSR count). The van der Waals surface area contributed by atoms with Gasteiger partial charge < -0.3 is 4.90 Å². The molecule has 0 aliphatic rings. The topological polar surface area (TPSA) is 70.6 Å². The number of amides is 1. The van der Waals surface area contributed by atoms with Crippen molar-refractivity contribution in [3.8, 4) is 0 Å². The molecule has 106 valence electrons. The number of sulfonamides is 1. The van der Waals surface area contributed by atoms with Gasteiger partial charge in [0.2, 0.25) is 15.9 Å². The Balaban J connectivity index is 3.02. The third-order valence-corrected chi connectivity index (χ3v) is 4.63. The second-order valence-electron chi connectivity index (χ2n) is 4.04. The summed E-state index contributed by atoms with van der Waals surface area (Å²) in [6.45, 7) is 1.67. The molecule has 1 amide bonds. The summed E-state index contributed by atoms with van der Waals surface area (Å²) in [5.41, 5.74) is 0. The Labute approximate surface area is 118 Å². The standard InChI is InChI=1S/C11H16ClN3O3S/c1-4-15(8-11(16)14(2)3)19(17,18)9-5-6-10(12)13-7-9/h5-7H,4,8H2,1-3H3. The SMILES string of the molecule is CCN(CC(=O)N(C)C)S(=O)(=O)c1ccc(Cl)nc1. The fraction of sp³-hybridized carbons (Fsp3) is 0.455. The van der Waals surface area contributed by atoms with Crippen molar-refractivity contribution in [3.63, 3.8) is 0 Å². The van der Waals surface area contributed by atoms with E-state index in [1.54, 1.807) is 21.0 Å². The average Bonchev–Trinajstić information content (AvgIpc) is 2.35. The van der Waals surface area contributed by atoms with Crippen molar-refractivity contribution in [1.29, 1.82) is 0 Å². The van der Waals surface area contributed by atoms with Crippen LogP contribution in [-0.4, -0.2) is 55.7 Å². The number of rotatable bonds is 5. The first-order valence-corrected chi connectivity index (χ1v) is 7.42. The Morgan fingerprint density at radius 1 is 1.37 bits per heavy atom. The van der Waals surface area contributed by atoms with Crippen LogP contribution in [0.3, 0.4) is 0 Å². The Bertz CT molecular complexity index is 543. The Hall–Kier alpha value is -1.18. The van der Waals surface area contributed by atoms with E-state index in [2.05, 4.69) is 4.98 Å². The number of carbonyl (C=O) groups is 1. The molecule has 8 heteroatoms. The Kier molecular flexibility index (Phi) is 5.28. The first kappa shape index (κ1) is 15.9. The highest BCUT2D eigenvalue weighted by Gasteiger charge is 2.26. The van der Waals surface area contributed by atoms with Crippen molar-refractivity contribution in [2.75, 3.05) is 27.2 Å². The summed E-state index contributed by atoms with van der Waals surface area (Å²) in [7, 11) is -0.580. The van der Waals surface area contributed by atoms with Gasteiger partial charge in [0, 0.05) is 26.8 Å². The second kappa shape index (κ2) is 6.31. The van der Waals surface area contributed by atoms with Gasteiger partial charge in [-0.05, 0) is 12.1 Å². The zero-order valence-electron chi connectivity index (χ0n) is 11.0. The minimum atomic E-state index is -3.73. The van der Waals surface area contributed by atoms with Crippen LogP contribution in [0.4, 0.5) is 0 Å². The molecule has 0 radical (unpaired) electrons. The molecular formula is C11H16ClN3O3S. The van der Waals surface area contributed by atoms with Gasteiger partial charge in [-0.15, -0.1) is 0 Å². The van der Waals surface area contributed by atoms with Gasteiger partial charge in [0.25, 0.3) is 0 Å². The van der Waals surface area contributed by atoms with E-state index in [-0.39, 0.29) is 29.0 Å². The summed E-state index contributed by atoms with van der Waals surface area (Å²) in [6, 6.07) is 2.77. The minimum Gasteiger partial charge on any atom is -0.348 e. The van der Waals surface area contributed by atoms with E-state index < -0.39 is 10.0 Å².